The van der Waals surface area contributed by atoms with E-state index in [1.165, 1.54) is 38.2 Å². The van der Waals surface area contributed by atoms with Crippen LogP contribution < -0.4 is 0 Å². The molecule has 0 unspecified atom stereocenters. The number of hydrogen-bond acceptors (Lipinski definition) is 0. The van der Waals surface area contributed by atoms with Crippen molar-refractivity contribution < 1.29 is 0 Å². The molecule has 4 aromatic rings. The topological polar surface area (TPSA) is 0 Å². The maximum absolute atomic E-state index is 2.31. The lowest BCUT2D eigenvalue weighted by Gasteiger charge is -2.11. The summed E-state index contributed by atoms with van der Waals surface area (Å²) in [6.45, 7) is 2.16. The van der Waals surface area contributed by atoms with E-state index in [0.29, 0.717) is 0 Å². The molecule has 0 N–H and O–H groups in total. The second-order valence-electron chi connectivity index (χ2n) is 5.56. The monoisotopic (exact) mass is 268 g/mol. The van der Waals surface area contributed by atoms with Crippen LogP contribution in [-0.4, -0.2) is 0 Å². The highest BCUT2D eigenvalue weighted by Gasteiger charge is 2.08. The van der Waals surface area contributed by atoms with Gasteiger partial charge in [-0.05, 0) is 45.7 Å². The Morgan fingerprint density at radius 2 is 1.33 bits per heavy atom. The van der Waals surface area contributed by atoms with E-state index >= 15 is 0 Å². The third-order valence-corrected chi connectivity index (χ3v) is 4.10. The molecule has 100 valence electrons. The number of hydrogen-bond donors (Lipinski definition) is 0. The molecule has 0 aliphatic heterocycles. The fourth-order valence-electron chi connectivity index (χ4n) is 3.07. The van der Waals surface area contributed by atoms with Crippen molar-refractivity contribution in [1.82, 2.24) is 0 Å². The van der Waals surface area contributed by atoms with E-state index in [2.05, 4.69) is 85.8 Å². The molecule has 0 aromatic heterocycles. The minimum Gasteiger partial charge on any atom is -0.0622 e. The summed E-state index contributed by atoms with van der Waals surface area (Å²) in [5, 5.41) is 5.29. The van der Waals surface area contributed by atoms with Gasteiger partial charge in [0.15, 0.2) is 0 Å². The van der Waals surface area contributed by atoms with E-state index in [1.54, 1.807) is 0 Å². The van der Waals surface area contributed by atoms with Crippen LogP contribution in [-0.2, 0) is 0 Å². The number of rotatable bonds is 1. The van der Waals surface area contributed by atoms with Gasteiger partial charge in [-0.25, -0.2) is 0 Å². The van der Waals surface area contributed by atoms with Crippen molar-refractivity contribution >= 4 is 21.5 Å². The molecule has 0 atom stereocenters. The fraction of sp³-hybridized carbons (Fsp3) is 0.0476. The van der Waals surface area contributed by atoms with Crippen LogP contribution in [0.15, 0.2) is 78.9 Å². The molecular formula is C21H16. The highest BCUT2D eigenvalue weighted by molar-refractivity contribution is 6.13. The smallest absolute Gasteiger partial charge is 0.00965 e. The predicted octanol–water partition coefficient (Wildman–Crippen LogP) is 5.97. The van der Waals surface area contributed by atoms with Crippen LogP contribution >= 0.6 is 0 Å². The molecule has 0 radical (unpaired) electrons. The van der Waals surface area contributed by atoms with Gasteiger partial charge in [-0.3, -0.25) is 0 Å². The molecule has 21 heavy (non-hydrogen) atoms. The molecule has 0 heterocycles. The number of benzene rings is 4. The summed E-state index contributed by atoms with van der Waals surface area (Å²) < 4.78 is 0. The van der Waals surface area contributed by atoms with Crippen molar-refractivity contribution in [2.45, 2.75) is 6.92 Å². The van der Waals surface area contributed by atoms with Gasteiger partial charge in [0, 0.05) is 0 Å². The van der Waals surface area contributed by atoms with Gasteiger partial charge >= 0.3 is 0 Å². The Kier molecular flexibility index (Phi) is 2.75. The van der Waals surface area contributed by atoms with Crippen LogP contribution in [0.1, 0.15) is 5.56 Å². The molecule has 0 aliphatic carbocycles. The zero-order chi connectivity index (χ0) is 14.2. The van der Waals surface area contributed by atoms with Crippen LogP contribution in [0, 0.1) is 6.92 Å². The normalized spacial score (nSPS) is 11.1. The Bertz CT molecular complexity index is 934. The quantitative estimate of drug-likeness (QED) is 0.373. The van der Waals surface area contributed by atoms with E-state index in [0.717, 1.165) is 0 Å². The lowest BCUT2D eigenvalue weighted by molar-refractivity contribution is 1.51. The maximum Gasteiger partial charge on any atom is -0.00965 e. The molecular weight excluding hydrogens is 252 g/mol. The van der Waals surface area contributed by atoms with Gasteiger partial charge in [0.1, 0.15) is 0 Å². The molecule has 0 spiro atoms. The van der Waals surface area contributed by atoms with Crippen LogP contribution in [0.25, 0.3) is 32.7 Å². The lowest BCUT2D eigenvalue weighted by Crippen LogP contribution is -1.85. The minimum absolute atomic E-state index is 1.28. The summed E-state index contributed by atoms with van der Waals surface area (Å²) >= 11 is 0. The van der Waals surface area contributed by atoms with E-state index in [-0.39, 0.29) is 0 Å². The summed E-state index contributed by atoms with van der Waals surface area (Å²) in [5.74, 6) is 0. The molecule has 0 bridgehead atoms. The summed E-state index contributed by atoms with van der Waals surface area (Å²) in [4.78, 5) is 0. The first-order valence-corrected chi connectivity index (χ1v) is 7.30. The third kappa shape index (κ3) is 2.00. The van der Waals surface area contributed by atoms with Gasteiger partial charge in [0.05, 0.1) is 0 Å². The van der Waals surface area contributed by atoms with Crippen molar-refractivity contribution in [3.63, 3.8) is 0 Å². The highest BCUT2D eigenvalue weighted by atomic mass is 14.1. The summed E-state index contributed by atoms with van der Waals surface area (Å²) in [6.07, 6.45) is 0. The molecule has 4 aromatic carbocycles. The van der Waals surface area contributed by atoms with Gasteiger partial charge in [-0.15, -0.1) is 0 Å². The van der Waals surface area contributed by atoms with Gasteiger partial charge in [0.25, 0.3) is 0 Å². The maximum atomic E-state index is 2.31. The Balaban J connectivity index is 2.19. The first-order chi connectivity index (χ1) is 10.3. The Hall–Kier alpha value is -2.60. The van der Waals surface area contributed by atoms with Gasteiger partial charge in [0.2, 0.25) is 0 Å². The van der Waals surface area contributed by atoms with Crippen LogP contribution in [0.5, 0.6) is 0 Å². The summed E-state index contributed by atoms with van der Waals surface area (Å²) in [6, 6.07) is 28.3. The van der Waals surface area contributed by atoms with Gasteiger partial charge in [-0.1, -0.05) is 78.4 Å². The van der Waals surface area contributed by atoms with Crippen LogP contribution in [0.2, 0.25) is 0 Å². The van der Waals surface area contributed by atoms with Gasteiger partial charge < -0.3 is 0 Å². The summed E-state index contributed by atoms with van der Waals surface area (Å²) in [7, 11) is 0. The lowest BCUT2D eigenvalue weighted by atomic mass is 9.92. The molecule has 0 amide bonds. The number of fused-ring (bicyclic) bond motifs is 3. The zero-order valence-electron chi connectivity index (χ0n) is 12.0. The molecule has 0 saturated carbocycles. The molecule has 0 saturated heterocycles. The van der Waals surface area contributed by atoms with Crippen LogP contribution in [0.4, 0.5) is 0 Å². The largest absolute Gasteiger partial charge is 0.0622 e. The van der Waals surface area contributed by atoms with Crippen molar-refractivity contribution in [3.05, 3.63) is 84.4 Å². The first-order valence-electron chi connectivity index (χ1n) is 7.30. The van der Waals surface area contributed by atoms with Crippen molar-refractivity contribution in [2.24, 2.45) is 0 Å². The molecule has 0 fully saturated rings. The third-order valence-electron chi connectivity index (χ3n) is 4.10. The standard InChI is InChI=1S/C21H16/c1-15-11-12-19-20(16-7-3-2-4-8-16)14-17-9-5-6-10-18(17)21(19)13-15/h2-14H,1H3. The molecule has 4 rings (SSSR count). The summed E-state index contributed by atoms with van der Waals surface area (Å²) in [5.41, 5.74) is 3.89. The van der Waals surface area contributed by atoms with E-state index in [9.17, 15) is 0 Å². The van der Waals surface area contributed by atoms with Gasteiger partial charge in [-0.2, -0.15) is 0 Å². The van der Waals surface area contributed by atoms with Crippen molar-refractivity contribution in [3.8, 4) is 11.1 Å². The SMILES string of the molecule is Cc1ccc2c(-c3ccccc3)cc3ccccc3c2c1. The molecule has 0 nitrogen and oxygen atoms in total. The Labute approximate surface area is 124 Å². The second kappa shape index (κ2) is 4.75. The minimum atomic E-state index is 1.28. The Morgan fingerprint density at radius 1 is 0.571 bits per heavy atom. The van der Waals surface area contributed by atoms with Crippen molar-refractivity contribution in [2.75, 3.05) is 0 Å². The van der Waals surface area contributed by atoms with E-state index in [4.69, 9.17) is 0 Å². The van der Waals surface area contributed by atoms with Crippen molar-refractivity contribution in [1.29, 1.82) is 0 Å². The average molecular weight is 268 g/mol. The zero-order valence-corrected chi connectivity index (χ0v) is 12.0. The van der Waals surface area contributed by atoms with E-state index < -0.39 is 0 Å². The second-order valence-corrected chi connectivity index (χ2v) is 5.56. The highest BCUT2D eigenvalue weighted by Crippen LogP contribution is 2.35. The first kappa shape index (κ1) is 12.2. The Morgan fingerprint density at radius 3 is 2.19 bits per heavy atom. The molecule has 0 aliphatic rings. The van der Waals surface area contributed by atoms with E-state index in [1.807, 2.05) is 0 Å². The molecule has 0 heteroatoms. The fourth-order valence-corrected chi connectivity index (χ4v) is 3.07. The average Bonchev–Trinajstić information content (AvgIpc) is 2.55. The predicted molar refractivity (Wildman–Crippen MR) is 91.6 cm³/mol. The number of aryl methyl sites for hydroxylation is 1. The van der Waals surface area contributed by atoms with Crippen LogP contribution in [0.3, 0.4) is 0 Å².